The van der Waals surface area contributed by atoms with Crippen LogP contribution in [0.2, 0.25) is 5.02 Å². The molecule has 0 saturated carbocycles. The van der Waals surface area contributed by atoms with E-state index in [-0.39, 0.29) is 16.3 Å². The number of halogens is 1. The van der Waals surface area contributed by atoms with E-state index in [9.17, 15) is 23.3 Å². The fourth-order valence-electron chi connectivity index (χ4n) is 1.95. The monoisotopic (exact) mass is 369 g/mol. The van der Waals surface area contributed by atoms with Crippen LogP contribution in [-0.2, 0) is 14.8 Å². The third-order valence-corrected chi connectivity index (χ3v) is 5.05. The molecule has 10 heteroatoms. The number of benzene rings is 2. The number of non-ortho nitro benzene ring substituents is 1. The Kier molecular flexibility index (Phi) is 5.05. The predicted molar refractivity (Wildman–Crippen MR) is 88.3 cm³/mol. The molecule has 0 saturated heterocycles. The molecule has 0 heterocycles. The number of primary amides is 1. The van der Waals surface area contributed by atoms with Crippen molar-refractivity contribution in [2.75, 3.05) is 10.8 Å². The molecule has 2 aromatic carbocycles. The van der Waals surface area contributed by atoms with Crippen molar-refractivity contribution in [3.05, 3.63) is 63.7 Å². The Balaban J connectivity index is 2.55. The van der Waals surface area contributed by atoms with Gasteiger partial charge in [-0.15, -0.1) is 0 Å². The Morgan fingerprint density at radius 3 is 2.38 bits per heavy atom. The highest BCUT2D eigenvalue weighted by Crippen LogP contribution is 2.26. The number of carbonyl (C=O) groups is 1. The predicted octanol–water partition coefficient (Wildman–Crippen LogP) is 1.93. The van der Waals surface area contributed by atoms with E-state index in [1.165, 1.54) is 42.5 Å². The molecule has 0 spiro atoms. The minimum Gasteiger partial charge on any atom is -0.368 e. The van der Waals surface area contributed by atoms with Gasteiger partial charge in [0.05, 0.1) is 15.5 Å². The molecule has 0 unspecified atom stereocenters. The lowest BCUT2D eigenvalue weighted by Crippen LogP contribution is -2.38. The normalized spacial score (nSPS) is 11.0. The van der Waals surface area contributed by atoms with Crippen molar-refractivity contribution in [3.63, 3.8) is 0 Å². The Bertz CT molecular complexity index is 884. The first kappa shape index (κ1) is 17.7. The number of nitrogens with two attached hydrogens (primary N) is 1. The zero-order valence-corrected chi connectivity index (χ0v) is 13.7. The molecule has 0 aliphatic carbocycles. The van der Waals surface area contributed by atoms with Crippen LogP contribution >= 0.6 is 11.6 Å². The van der Waals surface area contributed by atoms with Crippen LogP contribution in [0, 0.1) is 10.1 Å². The molecule has 2 N–H and O–H groups in total. The van der Waals surface area contributed by atoms with Gasteiger partial charge in [0.2, 0.25) is 5.91 Å². The van der Waals surface area contributed by atoms with E-state index in [2.05, 4.69) is 0 Å². The van der Waals surface area contributed by atoms with Gasteiger partial charge in [0.15, 0.2) is 0 Å². The van der Waals surface area contributed by atoms with Crippen LogP contribution in [0.1, 0.15) is 0 Å². The van der Waals surface area contributed by atoms with E-state index in [4.69, 9.17) is 17.3 Å². The van der Waals surface area contributed by atoms with E-state index in [1.54, 1.807) is 0 Å². The average molecular weight is 370 g/mol. The van der Waals surface area contributed by atoms with Gasteiger partial charge in [0.1, 0.15) is 6.54 Å². The van der Waals surface area contributed by atoms with Gasteiger partial charge in [0.25, 0.3) is 15.7 Å². The minimum atomic E-state index is -4.23. The summed E-state index contributed by atoms with van der Waals surface area (Å²) in [6.07, 6.45) is 0. The van der Waals surface area contributed by atoms with E-state index >= 15 is 0 Å². The summed E-state index contributed by atoms with van der Waals surface area (Å²) in [6.45, 7) is -0.618. The van der Waals surface area contributed by atoms with Gasteiger partial charge >= 0.3 is 0 Å². The topological polar surface area (TPSA) is 124 Å². The van der Waals surface area contributed by atoms with Crippen molar-refractivity contribution in [2.45, 2.75) is 4.90 Å². The maximum Gasteiger partial charge on any atom is 0.270 e. The Hall–Kier alpha value is -2.65. The third kappa shape index (κ3) is 3.81. The highest BCUT2D eigenvalue weighted by atomic mass is 35.5. The van der Waals surface area contributed by atoms with Gasteiger partial charge < -0.3 is 5.73 Å². The quantitative estimate of drug-likeness (QED) is 0.615. The summed E-state index contributed by atoms with van der Waals surface area (Å²) >= 11 is 5.77. The van der Waals surface area contributed by atoms with E-state index < -0.39 is 27.4 Å². The molecule has 2 aromatic rings. The number of nitrogens with zero attached hydrogens (tertiary/aromatic N) is 2. The number of nitro groups is 1. The molecule has 0 aliphatic rings. The van der Waals surface area contributed by atoms with Crippen LogP contribution in [0.25, 0.3) is 0 Å². The number of anilines is 1. The molecule has 24 heavy (non-hydrogen) atoms. The first-order valence-electron chi connectivity index (χ1n) is 6.53. The minimum absolute atomic E-state index is 0.157. The largest absolute Gasteiger partial charge is 0.368 e. The highest BCUT2D eigenvalue weighted by molar-refractivity contribution is 7.92. The zero-order valence-electron chi connectivity index (χ0n) is 12.1. The van der Waals surface area contributed by atoms with Crippen molar-refractivity contribution in [1.82, 2.24) is 0 Å². The molecule has 2 rings (SSSR count). The number of nitro benzene ring substituents is 1. The van der Waals surface area contributed by atoms with E-state index in [0.717, 1.165) is 10.4 Å². The maximum absolute atomic E-state index is 12.8. The summed E-state index contributed by atoms with van der Waals surface area (Å²) in [6, 6.07) is 10.2. The molecule has 0 aromatic heterocycles. The van der Waals surface area contributed by atoms with Crippen LogP contribution in [-0.4, -0.2) is 25.8 Å². The summed E-state index contributed by atoms with van der Waals surface area (Å²) in [4.78, 5) is 21.1. The summed E-state index contributed by atoms with van der Waals surface area (Å²) in [7, 11) is -4.23. The lowest BCUT2D eigenvalue weighted by Gasteiger charge is -2.23. The Morgan fingerprint density at radius 2 is 1.83 bits per heavy atom. The van der Waals surface area contributed by atoms with Crippen LogP contribution in [0.5, 0.6) is 0 Å². The molecule has 8 nitrogen and oxygen atoms in total. The smallest absolute Gasteiger partial charge is 0.270 e. The fourth-order valence-corrected chi connectivity index (χ4v) is 3.55. The first-order valence-corrected chi connectivity index (χ1v) is 8.34. The number of amides is 1. The Morgan fingerprint density at radius 1 is 1.21 bits per heavy atom. The van der Waals surface area contributed by atoms with Crippen LogP contribution in [0.4, 0.5) is 11.4 Å². The van der Waals surface area contributed by atoms with Gasteiger partial charge in [-0.3, -0.25) is 19.2 Å². The Labute approximate surface area is 142 Å². The number of hydrogen-bond acceptors (Lipinski definition) is 5. The van der Waals surface area contributed by atoms with Crippen molar-refractivity contribution in [2.24, 2.45) is 5.73 Å². The summed E-state index contributed by atoms with van der Waals surface area (Å²) in [5, 5.41) is 11.2. The van der Waals surface area contributed by atoms with E-state index in [1.807, 2.05) is 0 Å². The molecule has 1 amide bonds. The number of carbonyl (C=O) groups excluding carboxylic acids is 1. The number of hydrogen-bond donors (Lipinski definition) is 1. The number of sulfonamides is 1. The number of rotatable bonds is 6. The van der Waals surface area contributed by atoms with Crippen molar-refractivity contribution >= 4 is 38.9 Å². The zero-order chi connectivity index (χ0) is 17.9. The second-order valence-electron chi connectivity index (χ2n) is 4.71. The van der Waals surface area contributed by atoms with Gasteiger partial charge in [0, 0.05) is 17.2 Å². The second-order valence-corrected chi connectivity index (χ2v) is 7.01. The van der Waals surface area contributed by atoms with Crippen LogP contribution in [0.15, 0.2) is 53.4 Å². The van der Waals surface area contributed by atoms with Crippen LogP contribution in [0.3, 0.4) is 0 Å². The molecular formula is C14H12ClN3O5S. The van der Waals surface area contributed by atoms with Crippen LogP contribution < -0.4 is 10.0 Å². The standard InChI is InChI=1S/C14H12ClN3O5S/c15-10-4-6-11(7-5-10)17(9-14(16)19)24(22,23)13-3-1-2-12(8-13)18(20)21/h1-8H,9H2,(H2,16,19). The van der Waals surface area contributed by atoms with Crippen molar-refractivity contribution in [1.29, 1.82) is 0 Å². The second kappa shape index (κ2) is 6.85. The summed E-state index contributed by atoms with van der Waals surface area (Å²) in [5.74, 6) is -0.876. The van der Waals surface area contributed by atoms with Crippen molar-refractivity contribution < 1.29 is 18.1 Å². The van der Waals surface area contributed by atoms with Gasteiger partial charge in [-0.05, 0) is 30.3 Å². The third-order valence-electron chi connectivity index (χ3n) is 3.03. The fraction of sp³-hybridized carbons (Fsp3) is 0.0714. The van der Waals surface area contributed by atoms with Gasteiger partial charge in [-0.1, -0.05) is 17.7 Å². The summed E-state index contributed by atoms with van der Waals surface area (Å²) in [5.41, 5.74) is 4.91. The summed E-state index contributed by atoms with van der Waals surface area (Å²) < 4.78 is 26.3. The van der Waals surface area contributed by atoms with Crippen molar-refractivity contribution in [3.8, 4) is 0 Å². The molecular weight excluding hydrogens is 358 g/mol. The maximum atomic E-state index is 12.8. The highest BCUT2D eigenvalue weighted by Gasteiger charge is 2.27. The molecule has 0 fully saturated rings. The van der Waals surface area contributed by atoms with Gasteiger partial charge in [-0.2, -0.15) is 0 Å². The molecule has 126 valence electrons. The van der Waals surface area contributed by atoms with Gasteiger partial charge in [-0.25, -0.2) is 8.42 Å². The lowest BCUT2D eigenvalue weighted by atomic mass is 10.3. The molecule has 0 aliphatic heterocycles. The molecule has 0 bridgehead atoms. The molecule has 0 radical (unpaired) electrons. The molecule has 0 atom stereocenters. The average Bonchev–Trinajstić information content (AvgIpc) is 2.53. The lowest BCUT2D eigenvalue weighted by molar-refractivity contribution is -0.385. The van der Waals surface area contributed by atoms with E-state index in [0.29, 0.717) is 5.02 Å². The SMILES string of the molecule is NC(=O)CN(c1ccc(Cl)cc1)S(=O)(=O)c1cccc([N+](=O)[O-])c1. The first-order chi connectivity index (χ1) is 11.2.